The fourth-order valence-electron chi connectivity index (χ4n) is 1.80. The second-order valence-electron chi connectivity index (χ2n) is 4.97. The van der Waals surface area contributed by atoms with Crippen molar-refractivity contribution in [3.8, 4) is 23.7 Å². The van der Waals surface area contributed by atoms with Gasteiger partial charge in [0.1, 0.15) is 0 Å². The minimum atomic E-state index is -0.681. The molecule has 2 heteroatoms. The molecule has 0 radical (unpaired) electrons. The molecule has 0 aliphatic rings. The summed E-state index contributed by atoms with van der Waals surface area (Å²) in [4.78, 5) is 10.3. The number of carbonyl (C=O) groups is 1. The van der Waals surface area contributed by atoms with E-state index in [1.54, 1.807) is 0 Å². The first-order valence-electron chi connectivity index (χ1n) is 7.90. The highest BCUT2D eigenvalue weighted by molar-refractivity contribution is 5.66. The number of rotatable bonds is 10. The van der Waals surface area contributed by atoms with Crippen molar-refractivity contribution in [3.05, 3.63) is 0 Å². The van der Waals surface area contributed by atoms with Gasteiger partial charge in [0.2, 0.25) is 0 Å². The zero-order valence-corrected chi connectivity index (χ0v) is 12.8. The predicted octanol–water partition coefficient (Wildman–Crippen LogP) is 4.78. The first-order chi connectivity index (χ1) is 9.77. The molecule has 0 aliphatic carbocycles. The predicted molar refractivity (Wildman–Crippen MR) is 84.3 cm³/mol. The Labute approximate surface area is 124 Å². The molecule has 0 aliphatic heterocycles. The largest absolute Gasteiger partial charge is 0.481 e. The summed E-state index contributed by atoms with van der Waals surface area (Å²) in [7, 11) is 0. The van der Waals surface area contributed by atoms with Gasteiger partial charge in [-0.05, 0) is 19.3 Å². The normalized spacial score (nSPS) is 9.25. The fourth-order valence-corrected chi connectivity index (χ4v) is 1.80. The van der Waals surface area contributed by atoms with E-state index in [2.05, 4.69) is 30.6 Å². The summed E-state index contributed by atoms with van der Waals surface area (Å²) in [6, 6.07) is 0. The minimum absolute atomic E-state index is 0.312. The van der Waals surface area contributed by atoms with E-state index in [4.69, 9.17) is 5.11 Å². The molecular formula is C18H28O2. The molecule has 0 spiro atoms. The van der Waals surface area contributed by atoms with Crippen molar-refractivity contribution in [3.63, 3.8) is 0 Å². The summed E-state index contributed by atoms with van der Waals surface area (Å²) < 4.78 is 0. The molecule has 0 amide bonds. The van der Waals surface area contributed by atoms with E-state index in [0.717, 1.165) is 57.8 Å². The van der Waals surface area contributed by atoms with Crippen LogP contribution in [0.25, 0.3) is 0 Å². The molecule has 0 saturated heterocycles. The zero-order chi connectivity index (χ0) is 14.9. The lowest BCUT2D eigenvalue weighted by atomic mass is 10.1. The lowest BCUT2D eigenvalue weighted by molar-refractivity contribution is -0.137. The molecule has 0 unspecified atom stereocenters. The van der Waals surface area contributed by atoms with Gasteiger partial charge in [-0.15, -0.1) is 23.7 Å². The summed E-state index contributed by atoms with van der Waals surface area (Å²) >= 11 is 0. The van der Waals surface area contributed by atoms with Crippen LogP contribution in [0.3, 0.4) is 0 Å². The van der Waals surface area contributed by atoms with E-state index in [0.29, 0.717) is 6.42 Å². The quantitative estimate of drug-likeness (QED) is 0.460. The summed E-state index contributed by atoms with van der Waals surface area (Å²) in [6.07, 6.45) is 11.8. The van der Waals surface area contributed by atoms with Crippen LogP contribution < -0.4 is 0 Å². The number of aliphatic carboxylic acids is 1. The molecule has 0 fully saturated rings. The summed E-state index contributed by atoms with van der Waals surface area (Å²) in [5.74, 6) is 11.9. The molecule has 20 heavy (non-hydrogen) atoms. The van der Waals surface area contributed by atoms with Gasteiger partial charge in [0, 0.05) is 32.1 Å². The van der Waals surface area contributed by atoms with E-state index in [1.165, 1.54) is 12.8 Å². The molecule has 0 heterocycles. The van der Waals surface area contributed by atoms with Crippen molar-refractivity contribution in [2.24, 2.45) is 0 Å². The molecule has 0 atom stereocenters. The molecule has 2 nitrogen and oxygen atoms in total. The van der Waals surface area contributed by atoms with E-state index >= 15 is 0 Å². The van der Waals surface area contributed by atoms with Crippen molar-refractivity contribution in [2.75, 3.05) is 0 Å². The molecule has 0 bridgehead atoms. The maximum Gasteiger partial charge on any atom is 0.303 e. The smallest absolute Gasteiger partial charge is 0.303 e. The lowest BCUT2D eigenvalue weighted by Gasteiger charge is -1.98. The Balaban J connectivity index is 3.20. The number of hydrogen-bond acceptors (Lipinski definition) is 1. The Kier molecular flexibility index (Phi) is 14.5. The second kappa shape index (κ2) is 15.6. The van der Waals surface area contributed by atoms with Crippen LogP contribution in [0.2, 0.25) is 0 Å². The van der Waals surface area contributed by atoms with Gasteiger partial charge in [-0.2, -0.15) is 0 Å². The van der Waals surface area contributed by atoms with Crippen LogP contribution in [0.1, 0.15) is 84.0 Å². The van der Waals surface area contributed by atoms with Crippen LogP contribution in [-0.4, -0.2) is 11.1 Å². The van der Waals surface area contributed by atoms with Gasteiger partial charge >= 0.3 is 5.97 Å². The van der Waals surface area contributed by atoms with Gasteiger partial charge in [-0.1, -0.05) is 32.6 Å². The third-order valence-electron chi connectivity index (χ3n) is 2.94. The Morgan fingerprint density at radius 3 is 1.85 bits per heavy atom. The number of unbranched alkanes of at least 4 members (excludes halogenated alkanes) is 8. The van der Waals surface area contributed by atoms with Crippen LogP contribution in [0, 0.1) is 23.7 Å². The maximum absolute atomic E-state index is 10.3. The van der Waals surface area contributed by atoms with Gasteiger partial charge in [0.25, 0.3) is 0 Å². The van der Waals surface area contributed by atoms with Crippen molar-refractivity contribution in [1.29, 1.82) is 0 Å². The van der Waals surface area contributed by atoms with E-state index in [1.807, 2.05) is 0 Å². The van der Waals surface area contributed by atoms with E-state index < -0.39 is 5.97 Å². The summed E-state index contributed by atoms with van der Waals surface area (Å²) in [5, 5.41) is 8.49. The van der Waals surface area contributed by atoms with Crippen LogP contribution in [-0.2, 0) is 4.79 Å². The van der Waals surface area contributed by atoms with Gasteiger partial charge in [0.15, 0.2) is 0 Å². The molecule has 1 N–H and O–H groups in total. The standard InChI is InChI=1S/C18H28O2/c1-2-3-4-5-6-7-8-9-10-11-12-13-14-15-16-17-18(19)20/h2-3,6-7,10-17H2,1H3,(H,19,20). The fraction of sp³-hybridized carbons (Fsp3) is 0.722. The topological polar surface area (TPSA) is 37.3 Å². The highest BCUT2D eigenvalue weighted by Gasteiger charge is 1.95. The number of hydrogen-bond donors (Lipinski definition) is 1. The first-order valence-corrected chi connectivity index (χ1v) is 7.90. The van der Waals surface area contributed by atoms with E-state index in [9.17, 15) is 4.79 Å². The SMILES string of the molecule is CCCC#CCCC#CCCCCCCCCC(=O)O. The average Bonchev–Trinajstić information content (AvgIpc) is 2.43. The van der Waals surface area contributed by atoms with Crippen molar-refractivity contribution < 1.29 is 9.90 Å². The molecule has 0 saturated carbocycles. The van der Waals surface area contributed by atoms with Gasteiger partial charge in [-0.25, -0.2) is 0 Å². The van der Waals surface area contributed by atoms with Crippen LogP contribution in [0.4, 0.5) is 0 Å². The Hall–Kier alpha value is -1.41. The molecule has 112 valence electrons. The van der Waals surface area contributed by atoms with Gasteiger partial charge in [-0.3, -0.25) is 4.79 Å². The second-order valence-corrected chi connectivity index (χ2v) is 4.97. The summed E-state index contributed by atoms with van der Waals surface area (Å²) in [6.45, 7) is 2.14. The van der Waals surface area contributed by atoms with Crippen LogP contribution in [0.15, 0.2) is 0 Å². The van der Waals surface area contributed by atoms with E-state index in [-0.39, 0.29) is 0 Å². The highest BCUT2D eigenvalue weighted by atomic mass is 16.4. The molecule has 0 aromatic carbocycles. The Morgan fingerprint density at radius 1 is 0.750 bits per heavy atom. The monoisotopic (exact) mass is 276 g/mol. The van der Waals surface area contributed by atoms with Gasteiger partial charge < -0.3 is 5.11 Å². The molecular weight excluding hydrogens is 248 g/mol. The van der Waals surface area contributed by atoms with Crippen molar-refractivity contribution >= 4 is 5.97 Å². The molecule has 0 aromatic heterocycles. The Bertz CT molecular complexity index is 349. The first kappa shape index (κ1) is 18.6. The summed E-state index contributed by atoms with van der Waals surface area (Å²) in [5.41, 5.74) is 0. The average molecular weight is 276 g/mol. The maximum atomic E-state index is 10.3. The third kappa shape index (κ3) is 16.6. The highest BCUT2D eigenvalue weighted by Crippen LogP contribution is 2.08. The van der Waals surface area contributed by atoms with Crippen LogP contribution in [0.5, 0.6) is 0 Å². The lowest BCUT2D eigenvalue weighted by Crippen LogP contribution is -1.93. The number of carboxylic acids is 1. The molecule has 0 aromatic rings. The third-order valence-corrected chi connectivity index (χ3v) is 2.94. The molecule has 0 rings (SSSR count). The minimum Gasteiger partial charge on any atom is -0.481 e. The Morgan fingerprint density at radius 2 is 1.25 bits per heavy atom. The zero-order valence-electron chi connectivity index (χ0n) is 12.8. The van der Waals surface area contributed by atoms with Crippen molar-refractivity contribution in [1.82, 2.24) is 0 Å². The van der Waals surface area contributed by atoms with Crippen molar-refractivity contribution in [2.45, 2.75) is 84.0 Å². The van der Waals surface area contributed by atoms with Crippen LogP contribution >= 0.6 is 0 Å². The van der Waals surface area contributed by atoms with Gasteiger partial charge in [0.05, 0.1) is 0 Å². The number of carboxylic acid groups (broad SMARTS) is 1.